The summed E-state index contributed by atoms with van der Waals surface area (Å²) in [6.07, 6.45) is 5.63. The first-order valence-corrected chi connectivity index (χ1v) is 8.05. The Bertz CT molecular complexity index is 431. The van der Waals surface area contributed by atoms with Crippen molar-refractivity contribution in [1.29, 1.82) is 0 Å². The summed E-state index contributed by atoms with van der Waals surface area (Å²) in [5.41, 5.74) is 0.949. The van der Waals surface area contributed by atoms with Gasteiger partial charge in [0.25, 0.3) is 0 Å². The van der Waals surface area contributed by atoms with Crippen molar-refractivity contribution in [2.75, 3.05) is 26.2 Å². The molecule has 1 aromatic rings. The van der Waals surface area contributed by atoms with E-state index >= 15 is 0 Å². The van der Waals surface area contributed by atoms with Gasteiger partial charge in [0.1, 0.15) is 11.0 Å². The maximum atomic E-state index is 6.00. The Morgan fingerprint density at radius 2 is 1.85 bits per heavy atom. The molecule has 1 saturated heterocycles. The standard InChI is InChI=1S/C15H23ClN4/c1-12-10-14(16)18-15(17-12)11-19-6-8-20(9-7-19)13-4-2-3-5-13/h10,13H,2-9,11H2,1H3. The zero-order valence-electron chi connectivity index (χ0n) is 12.2. The van der Waals surface area contributed by atoms with Crippen LogP contribution in [0.15, 0.2) is 6.07 Å². The topological polar surface area (TPSA) is 32.3 Å². The monoisotopic (exact) mass is 294 g/mol. The van der Waals surface area contributed by atoms with Crippen molar-refractivity contribution in [3.8, 4) is 0 Å². The van der Waals surface area contributed by atoms with Gasteiger partial charge in [-0.2, -0.15) is 0 Å². The van der Waals surface area contributed by atoms with Crippen LogP contribution in [-0.4, -0.2) is 52.0 Å². The van der Waals surface area contributed by atoms with Gasteiger partial charge in [0, 0.05) is 37.9 Å². The molecule has 0 bridgehead atoms. The van der Waals surface area contributed by atoms with Gasteiger partial charge < -0.3 is 0 Å². The fourth-order valence-corrected chi connectivity index (χ4v) is 3.67. The third-order valence-corrected chi connectivity index (χ3v) is 4.68. The summed E-state index contributed by atoms with van der Waals surface area (Å²) in [4.78, 5) is 13.9. The minimum Gasteiger partial charge on any atom is -0.298 e. The van der Waals surface area contributed by atoms with Crippen LogP contribution in [0.1, 0.15) is 37.2 Å². The van der Waals surface area contributed by atoms with Crippen LogP contribution in [0.3, 0.4) is 0 Å². The van der Waals surface area contributed by atoms with Crippen LogP contribution in [0, 0.1) is 6.92 Å². The maximum absolute atomic E-state index is 6.00. The second-order valence-electron chi connectivity index (χ2n) is 6.00. The van der Waals surface area contributed by atoms with Crippen molar-refractivity contribution < 1.29 is 0 Å². The summed E-state index contributed by atoms with van der Waals surface area (Å²) in [5, 5.41) is 0.553. The quantitative estimate of drug-likeness (QED) is 0.802. The van der Waals surface area contributed by atoms with Gasteiger partial charge in [0.15, 0.2) is 0 Å². The van der Waals surface area contributed by atoms with Gasteiger partial charge in [-0.05, 0) is 25.8 Å². The molecule has 5 heteroatoms. The van der Waals surface area contributed by atoms with Crippen molar-refractivity contribution in [3.05, 3.63) is 22.7 Å². The Balaban J connectivity index is 1.53. The molecule has 110 valence electrons. The SMILES string of the molecule is Cc1cc(Cl)nc(CN2CCN(C3CCCC3)CC2)n1. The molecule has 4 nitrogen and oxygen atoms in total. The maximum Gasteiger partial charge on any atom is 0.144 e. The highest BCUT2D eigenvalue weighted by Gasteiger charge is 2.26. The van der Waals surface area contributed by atoms with E-state index in [-0.39, 0.29) is 0 Å². The zero-order valence-corrected chi connectivity index (χ0v) is 12.9. The second kappa shape index (κ2) is 6.37. The van der Waals surface area contributed by atoms with Gasteiger partial charge in [-0.3, -0.25) is 9.80 Å². The lowest BCUT2D eigenvalue weighted by Crippen LogP contribution is -2.49. The van der Waals surface area contributed by atoms with Gasteiger partial charge in [0.2, 0.25) is 0 Å². The smallest absolute Gasteiger partial charge is 0.144 e. The molecule has 0 unspecified atom stereocenters. The normalized spacial score (nSPS) is 22.5. The van der Waals surface area contributed by atoms with Crippen molar-refractivity contribution in [2.45, 2.75) is 45.2 Å². The summed E-state index contributed by atoms with van der Waals surface area (Å²) in [6, 6.07) is 2.66. The lowest BCUT2D eigenvalue weighted by Gasteiger charge is -2.37. The molecule has 0 N–H and O–H groups in total. The Morgan fingerprint density at radius 3 is 2.50 bits per heavy atom. The van der Waals surface area contributed by atoms with E-state index in [9.17, 15) is 0 Å². The lowest BCUT2D eigenvalue weighted by atomic mass is 10.2. The van der Waals surface area contributed by atoms with E-state index < -0.39 is 0 Å². The molecule has 1 aliphatic carbocycles. The number of rotatable bonds is 3. The molecule has 2 aliphatic rings. The molecule has 1 aromatic heterocycles. The van der Waals surface area contributed by atoms with Crippen molar-refractivity contribution >= 4 is 11.6 Å². The molecule has 2 fully saturated rings. The minimum atomic E-state index is 0.553. The minimum absolute atomic E-state index is 0.553. The predicted octanol–water partition coefficient (Wildman–Crippen LogP) is 2.50. The van der Waals surface area contributed by atoms with E-state index in [4.69, 9.17) is 11.6 Å². The molecular formula is C15H23ClN4. The third-order valence-electron chi connectivity index (χ3n) is 4.48. The summed E-state index contributed by atoms with van der Waals surface area (Å²) in [5.74, 6) is 0.851. The van der Waals surface area contributed by atoms with E-state index in [1.165, 1.54) is 38.8 Å². The average molecular weight is 295 g/mol. The number of halogens is 1. The van der Waals surface area contributed by atoms with Gasteiger partial charge in [-0.25, -0.2) is 9.97 Å². The molecule has 0 radical (unpaired) electrons. The van der Waals surface area contributed by atoms with Crippen LogP contribution >= 0.6 is 11.6 Å². The number of nitrogens with zero attached hydrogens (tertiary/aromatic N) is 4. The van der Waals surface area contributed by atoms with Gasteiger partial charge >= 0.3 is 0 Å². The Kier molecular flexibility index (Phi) is 4.54. The second-order valence-corrected chi connectivity index (χ2v) is 6.39. The highest BCUT2D eigenvalue weighted by molar-refractivity contribution is 6.29. The number of hydrogen-bond donors (Lipinski definition) is 0. The van der Waals surface area contributed by atoms with Crippen molar-refractivity contribution in [2.24, 2.45) is 0 Å². The van der Waals surface area contributed by atoms with E-state index in [1.807, 2.05) is 13.0 Å². The highest BCUT2D eigenvalue weighted by atomic mass is 35.5. The fourth-order valence-electron chi connectivity index (χ4n) is 3.42. The molecule has 0 atom stereocenters. The number of hydrogen-bond acceptors (Lipinski definition) is 4. The Morgan fingerprint density at radius 1 is 1.15 bits per heavy atom. The summed E-state index contributed by atoms with van der Waals surface area (Å²) in [7, 11) is 0. The highest BCUT2D eigenvalue weighted by Crippen LogP contribution is 2.24. The molecule has 0 aromatic carbocycles. The third kappa shape index (κ3) is 3.48. The molecule has 0 amide bonds. The van der Waals surface area contributed by atoms with Gasteiger partial charge in [0.05, 0.1) is 6.54 Å². The predicted molar refractivity (Wildman–Crippen MR) is 80.9 cm³/mol. The fraction of sp³-hybridized carbons (Fsp3) is 0.733. The molecule has 1 saturated carbocycles. The van der Waals surface area contributed by atoms with Crippen molar-refractivity contribution in [1.82, 2.24) is 19.8 Å². The first kappa shape index (κ1) is 14.2. The summed E-state index contributed by atoms with van der Waals surface area (Å²) >= 11 is 6.00. The molecule has 2 heterocycles. The zero-order chi connectivity index (χ0) is 13.9. The molecular weight excluding hydrogens is 272 g/mol. The number of piperazine rings is 1. The van der Waals surface area contributed by atoms with Crippen molar-refractivity contribution in [3.63, 3.8) is 0 Å². The molecule has 1 aliphatic heterocycles. The van der Waals surface area contributed by atoms with Crippen LogP contribution in [0.25, 0.3) is 0 Å². The van der Waals surface area contributed by atoms with E-state index in [0.29, 0.717) is 5.15 Å². The van der Waals surface area contributed by atoms with Crippen LogP contribution in [0.5, 0.6) is 0 Å². The first-order valence-electron chi connectivity index (χ1n) is 7.67. The number of aromatic nitrogens is 2. The Hall–Kier alpha value is -0.710. The van der Waals surface area contributed by atoms with Crippen LogP contribution < -0.4 is 0 Å². The van der Waals surface area contributed by atoms with E-state index in [2.05, 4.69) is 19.8 Å². The van der Waals surface area contributed by atoms with E-state index in [1.54, 1.807) is 0 Å². The molecule has 3 rings (SSSR count). The summed E-state index contributed by atoms with van der Waals surface area (Å²) < 4.78 is 0. The number of aryl methyl sites for hydroxylation is 1. The van der Waals surface area contributed by atoms with Crippen LogP contribution in [-0.2, 0) is 6.54 Å². The largest absolute Gasteiger partial charge is 0.298 e. The Labute approximate surface area is 126 Å². The molecule has 20 heavy (non-hydrogen) atoms. The summed E-state index contributed by atoms with van der Waals surface area (Å²) in [6.45, 7) is 7.39. The van der Waals surface area contributed by atoms with Gasteiger partial charge in [-0.1, -0.05) is 24.4 Å². The van der Waals surface area contributed by atoms with Gasteiger partial charge in [-0.15, -0.1) is 0 Å². The first-order chi connectivity index (χ1) is 9.70. The average Bonchev–Trinajstić information content (AvgIpc) is 2.92. The van der Waals surface area contributed by atoms with E-state index in [0.717, 1.165) is 37.2 Å². The van der Waals surface area contributed by atoms with Crippen LogP contribution in [0.4, 0.5) is 0 Å². The molecule has 0 spiro atoms. The van der Waals surface area contributed by atoms with Crippen LogP contribution in [0.2, 0.25) is 5.15 Å². The lowest BCUT2D eigenvalue weighted by molar-refractivity contribution is 0.0921.